The van der Waals surface area contributed by atoms with Gasteiger partial charge < -0.3 is 15.5 Å². The van der Waals surface area contributed by atoms with E-state index in [1.165, 1.54) is 23.2 Å². The number of anilines is 1. The minimum absolute atomic E-state index is 0.0475. The number of hydrogen-bond donors (Lipinski definition) is 2. The van der Waals surface area contributed by atoms with Gasteiger partial charge in [0.1, 0.15) is 5.69 Å². The van der Waals surface area contributed by atoms with Crippen molar-refractivity contribution in [1.82, 2.24) is 15.2 Å². The predicted molar refractivity (Wildman–Crippen MR) is 69.9 cm³/mol. The van der Waals surface area contributed by atoms with Gasteiger partial charge >= 0.3 is 0 Å². The zero-order valence-corrected chi connectivity index (χ0v) is 11.2. The molecule has 7 nitrogen and oxygen atoms in total. The smallest absolute Gasteiger partial charge is 0.273 e. The van der Waals surface area contributed by atoms with Crippen molar-refractivity contribution in [2.24, 2.45) is 0 Å². The topological polar surface area (TPSA) is 91.4 Å². The van der Waals surface area contributed by atoms with Crippen molar-refractivity contribution in [2.45, 2.75) is 13.3 Å². The standard InChI is InChI=1S/C11H14N4O3S/c1-7(16)13-11-14-8(6-19-11)10(18)15-4-2-3-12-9(17)5-15/h6H,2-5H2,1H3,(H,12,17)(H,13,14,16). The molecule has 0 saturated carbocycles. The summed E-state index contributed by atoms with van der Waals surface area (Å²) >= 11 is 1.19. The molecule has 0 aromatic carbocycles. The number of hydrogen-bond acceptors (Lipinski definition) is 5. The lowest BCUT2D eigenvalue weighted by molar-refractivity contribution is -0.121. The highest BCUT2D eigenvalue weighted by Crippen LogP contribution is 2.17. The number of aromatic nitrogens is 1. The van der Waals surface area contributed by atoms with Crippen LogP contribution in [0.5, 0.6) is 0 Å². The summed E-state index contributed by atoms with van der Waals surface area (Å²) in [6.07, 6.45) is 0.722. The van der Waals surface area contributed by atoms with E-state index in [0.29, 0.717) is 18.2 Å². The van der Waals surface area contributed by atoms with Crippen LogP contribution in [0.1, 0.15) is 23.8 Å². The molecule has 2 heterocycles. The second-order valence-electron chi connectivity index (χ2n) is 4.15. The number of rotatable bonds is 2. The van der Waals surface area contributed by atoms with E-state index in [9.17, 15) is 14.4 Å². The van der Waals surface area contributed by atoms with Crippen LogP contribution < -0.4 is 10.6 Å². The molecule has 1 aliphatic heterocycles. The van der Waals surface area contributed by atoms with E-state index in [4.69, 9.17) is 0 Å². The Morgan fingerprint density at radius 3 is 3.05 bits per heavy atom. The predicted octanol–water partition coefficient (Wildman–Crippen LogP) is 0.0636. The van der Waals surface area contributed by atoms with Gasteiger partial charge in [0.2, 0.25) is 11.8 Å². The SMILES string of the molecule is CC(=O)Nc1nc(C(=O)N2CCCNC(=O)C2)cs1. The highest BCUT2D eigenvalue weighted by Gasteiger charge is 2.23. The molecule has 0 spiro atoms. The molecule has 2 N–H and O–H groups in total. The molecule has 0 bridgehead atoms. The van der Waals surface area contributed by atoms with E-state index in [1.807, 2.05) is 0 Å². The fourth-order valence-electron chi connectivity index (χ4n) is 1.72. The Morgan fingerprint density at radius 1 is 1.53 bits per heavy atom. The largest absolute Gasteiger partial charge is 0.354 e. The summed E-state index contributed by atoms with van der Waals surface area (Å²) in [7, 11) is 0. The van der Waals surface area contributed by atoms with Gasteiger partial charge in [-0.25, -0.2) is 4.98 Å². The van der Waals surface area contributed by atoms with Crippen LogP contribution in [0.4, 0.5) is 5.13 Å². The lowest BCUT2D eigenvalue weighted by Gasteiger charge is -2.17. The summed E-state index contributed by atoms with van der Waals surface area (Å²) in [6.45, 7) is 2.52. The van der Waals surface area contributed by atoms with Gasteiger partial charge in [0.05, 0.1) is 6.54 Å². The van der Waals surface area contributed by atoms with Gasteiger partial charge in [0, 0.05) is 25.4 Å². The highest BCUT2D eigenvalue weighted by atomic mass is 32.1. The lowest BCUT2D eigenvalue weighted by atomic mass is 10.3. The minimum Gasteiger partial charge on any atom is -0.354 e. The third kappa shape index (κ3) is 3.50. The van der Waals surface area contributed by atoms with Crippen LogP contribution in [0.15, 0.2) is 5.38 Å². The van der Waals surface area contributed by atoms with Crippen LogP contribution in [0, 0.1) is 0 Å². The van der Waals surface area contributed by atoms with Crippen LogP contribution in [0.3, 0.4) is 0 Å². The Kier molecular flexibility index (Phi) is 4.10. The first-order chi connectivity index (χ1) is 9.06. The third-order valence-electron chi connectivity index (χ3n) is 2.55. The number of carbonyl (C=O) groups excluding carboxylic acids is 3. The lowest BCUT2D eigenvalue weighted by Crippen LogP contribution is -2.37. The van der Waals surface area contributed by atoms with Gasteiger partial charge in [-0.1, -0.05) is 0 Å². The Morgan fingerprint density at radius 2 is 2.32 bits per heavy atom. The Labute approximate surface area is 114 Å². The second-order valence-corrected chi connectivity index (χ2v) is 5.01. The molecule has 1 aromatic rings. The minimum atomic E-state index is -0.287. The summed E-state index contributed by atoms with van der Waals surface area (Å²) in [5.41, 5.74) is 0.253. The second kappa shape index (κ2) is 5.79. The van der Waals surface area contributed by atoms with Crippen LogP contribution in [-0.4, -0.2) is 47.2 Å². The third-order valence-corrected chi connectivity index (χ3v) is 3.31. The normalized spacial score (nSPS) is 15.6. The van der Waals surface area contributed by atoms with E-state index in [1.54, 1.807) is 5.38 Å². The quantitative estimate of drug-likeness (QED) is 0.802. The fraction of sp³-hybridized carbons (Fsp3) is 0.455. The Balaban J connectivity index is 2.07. The Bertz CT molecular complexity index is 514. The molecule has 1 aromatic heterocycles. The van der Waals surface area contributed by atoms with Crippen LogP contribution >= 0.6 is 11.3 Å². The molecule has 2 rings (SSSR count). The zero-order chi connectivity index (χ0) is 13.8. The maximum Gasteiger partial charge on any atom is 0.273 e. The van der Waals surface area contributed by atoms with E-state index in [-0.39, 0.29) is 30.0 Å². The van der Waals surface area contributed by atoms with Gasteiger partial charge in [0.25, 0.3) is 5.91 Å². The van der Waals surface area contributed by atoms with Crippen LogP contribution in [0.25, 0.3) is 0 Å². The van der Waals surface area contributed by atoms with Crippen molar-refractivity contribution in [2.75, 3.05) is 25.0 Å². The molecule has 0 aliphatic carbocycles. The van der Waals surface area contributed by atoms with Crippen LogP contribution in [-0.2, 0) is 9.59 Å². The molecule has 0 unspecified atom stereocenters. The highest BCUT2D eigenvalue weighted by molar-refractivity contribution is 7.14. The van der Waals surface area contributed by atoms with E-state index < -0.39 is 0 Å². The van der Waals surface area contributed by atoms with E-state index in [0.717, 1.165) is 6.42 Å². The van der Waals surface area contributed by atoms with Crippen molar-refractivity contribution in [3.8, 4) is 0 Å². The summed E-state index contributed by atoms with van der Waals surface area (Å²) in [5, 5.41) is 7.19. The van der Waals surface area contributed by atoms with Crippen molar-refractivity contribution >= 4 is 34.2 Å². The molecule has 0 atom stereocenters. The number of amides is 3. The first-order valence-corrected chi connectivity index (χ1v) is 6.73. The molecular weight excluding hydrogens is 268 g/mol. The average molecular weight is 282 g/mol. The van der Waals surface area contributed by atoms with Gasteiger partial charge in [-0.3, -0.25) is 14.4 Å². The first kappa shape index (κ1) is 13.5. The molecule has 102 valence electrons. The number of thiazole rings is 1. The number of nitrogens with one attached hydrogen (secondary N) is 2. The number of carbonyl (C=O) groups is 3. The molecule has 1 fully saturated rings. The van der Waals surface area contributed by atoms with Gasteiger partial charge in [-0.15, -0.1) is 11.3 Å². The van der Waals surface area contributed by atoms with Gasteiger partial charge in [-0.2, -0.15) is 0 Å². The van der Waals surface area contributed by atoms with Crippen molar-refractivity contribution in [3.63, 3.8) is 0 Å². The maximum absolute atomic E-state index is 12.2. The summed E-state index contributed by atoms with van der Waals surface area (Å²) < 4.78 is 0. The average Bonchev–Trinajstić information content (AvgIpc) is 2.68. The molecule has 8 heteroatoms. The van der Waals surface area contributed by atoms with Crippen LogP contribution in [0.2, 0.25) is 0 Å². The molecule has 0 radical (unpaired) electrons. The number of nitrogens with zero attached hydrogens (tertiary/aromatic N) is 2. The molecule has 1 aliphatic rings. The molecule has 1 saturated heterocycles. The summed E-state index contributed by atoms with van der Waals surface area (Å²) in [4.78, 5) is 40.0. The van der Waals surface area contributed by atoms with E-state index >= 15 is 0 Å². The van der Waals surface area contributed by atoms with Crippen molar-refractivity contribution < 1.29 is 14.4 Å². The first-order valence-electron chi connectivity index (χ1n) is 5.85. The summed E-state index contributed by atoms with van der Waals surface area (Å²) in [5.74, 6) is -0.685. The molecular formula is C11H14N4O3S. The monoisotopic (exact) mass is 282 g/mol. The summed E-state index contributed by atoms with van der Waals surface area (Å²) in [6, 6.07) is 0. The fourth-order valence-corrected chi connectivity index (χ4v) is 2.45. The van der Waals surface area contributed by atoms with Crippen molar-refractivity contribution in [3.05, 3.63) is 11.1 Å². The molecule has 19 heavy (non-hydrogen) atoms. The zero-order valence-electron chi connectivity index (χ0n) is 10.4. The van der Waals surface area contributed by atoms with Crippen molar-refractivity contribution in [1.29, 1.82) is 0 Å². The van der Waals surface area contributed by atoms with E-state index in [2.05, 4.69) is 15.6 Å². The Hall–Kier alpha value is -1.96. The molecule has 3 amide bonds. The van der Waals surface area contributed by atoms with Gasteiger partial charge in [-0.05, 0) is 6.42 Å². The van der Waals surface area contributed by atoms with Gasteiger partial charge in [0.15, 0.2) is 5.13 Å². The maximum atomic E-state index is 12.2.